The summed E-state index contributed by atoms with van der Waals surface area (Å²) in [6.45, 7) is 1.34. The first-order valence-electron chi connectivity index (χ1n) is 8.89. The summed E-state index contributed by atoms with van der Waals surface area (Å²) in [7, 11) is -3.76. The highest BCUT2D eigenvalue weighted by molar-refractivity contribution is 7.92. The van der Waals surface area contributed by atoms with Gasteiger partial charge in [-0.1, -0.05) is 0 Å². The minimum atomic E-state index is -3.76. The third kappa shape index (κ3) is 3.69. The van der Waals surface area contributed by atoms with E-state index in [0.717, 1.165) is 16.3 Å². The number of anilines is 1. The first kappa shape index (κ1) is 19.1. The van der Waals surface area contributed by atoms with Crippen LogP contribution >= 0.6 is 11.3 Å². The SMILES string of the molecule is O=c1[nH]ccc2cc(F)c(CS(=O)(=O)c3ccc(N4CCC(O)CC4)s3)cc12. The summed E-state index contributed by atoms with van der Waals surface area (Å²) in [6, 6.07) is 7.35. The molecule has 0 unspecified atom stereocenters. The Morgan fingerprint density at radius 2 is 1.96 bits per heavy atom. The van der Waals surface area contributed by atoms with Crippen LogP contribution in [-0.2, 0) is 15.6 Å². The van der Waals surface area contributed by atoms with Gasteiger partial charge in [0.2, 0.25) is 0 Å². The van der Waals surface area contributed by atoms with Crippen LogP contribution in [0.4, 0.5) is 9.39 Å². The quantitative estimate of drug-likeness (QED) is 0.675. The molecule has 2 aromatic heterocycles. The van der Waals surface area contributed by atoms with E-state index in [0.29, 0.717) is 31.3 Å². The minimum Gasteiger partial charge on any atom is -0.393 e. The zero-order valence-electron chi connectivity index (χ0n) is 14.9. The van der Waals surface area contributed by atoms with Crippen LogP contribution in [0.25, 0.3) is 10.8 Å². The number of hydrogen-bond acceptors (Lipinski definition) is 6. The van der Waals surface area contributed by atoms with E-state index in [4.69, 9.17) is 0 Å². The molecule has 3 heterocycles. The molecule has 2 N–H and O–H groups in total. The van der Waals surface area contributed by atoms with E-state index < -0.39 is 21.4 Å². The zero-order chi connectivity index (χ0) is 19.9. The number of nitrogens with one attached hydrogen (secondary N) is 1. The fraction of sp³-hybridized carbons (Fsp3) is 0.316. The Bertz CT molecular complexity index is 1180. The Morgan fingerprint density at radius 1 is 1.21 bits per heavy atom. The van der Waals surface area contributed by atoms with E-state index in [1.807, 2.05) is 4.90 Å². The molecule has 1 saturated heterocycles. The van der Waals surface area contributed by atoms with Crippen molar-refractivity contribution in [1.29, 1.82) is 0 Å². The van der Waals surface area contributed by atoms with E-state index in [9.17, 15) is 22.7 Å². The number of pyridine rings is 1. The van der Waals surface area contributed by atoms with E-state index in [1.165, 1.54) is 24.4 Å². The number of aromatic nitrogens is 1. The first-order valence-corrected chi connectivity index (χ1v) is 11.4. The molecule has 1 fully saturated rings. The smallest absolute Gasteiger partial charge is 0.255 e. The number of H-pyrrole nitrogens is 1. The Hall–Kier alpha value is -2.23. The average Bonchev–Trinajstić information content (AvgIpc) is 3.15. The maximum absolute atomic E-state index is 14.4. The average molecular weight is 423 g/mol. The highest BCUT2D eigenvalue weighted by atomic mass is 32.2. The molecule has 0 bridgehead atoms. The van der Waals surface area contributed by atoms with Gasteiger partial charge in [-0.25, -0.2) is 12.8 Å². The Kier molecular flexibility index (Phi) is 4.98. The van der Waals surface area contributed by atoms with Gasteiger partial charge in [-0.15, -0.1) is 11.3 Å². The van der Waals surface area contributed by atoms with Crippen molar-refractivity contribution in [2.45, 2.75) is 28.9 Å². The fourth-order valence-electron chi connectivity index (χ4n) is 3.37. The Balaban J connectivity index is 1.61. The number of thiophene rings is 1. The van der Waals surface area contributed by atoms with Gasteiger partial charge < -0.3 is 15.0 Å². The van der Waals surface area contributed by atoms with Crippen molar-refractivity contribution < 1.29 is 17.9 Å². The summed E-state index contributed by atoms with van der Waals surface area (Å²) in [5.41, 5.74) is -0.415. The summed E-state index contributed by atoms with van der Waals surface area (Å²) >= 11 is 1.15. The van der Waals surface area contributed by atoms with Crippen LogP contribution < -0.4 is 10.5 Å². The van der Waals surface area contributed by atoms with Gasteiger partial charge in [0.25, 0.3) is 5.56 Å². The lowest BCUT2D eigenvalue weighted by Crippen LogP contribution is -2.35. The molecule has 9 heteroatoms. The molecule has 0 saturated carbocycles. The lowest BCUT2D eigenvalue weighted by Gasteiger charge is -2.30. The second kappa shape index (κ2) is 7.31. The monoisotopic (exact) mass is 422 g/mol. The van der Waals surface area contributed by atoms with Crippen LogP contribution in [-0.4, -0.2) is 37.7 Å². The molecule has 1 aliphatic heterocycles. The van der Waals surface area contributed by atoms with Crippen LogP contribution in [0.1, 0.15) is 18.4 Å². The Morgan fingerprint density at radius 3 is 2.71 bits per heavy atom. The van der Waals surface area contributed by atoms with Crippen LogP contribution in [0, 0.1) is 5.82 Å². The number of fused-ring (bicyclic) bond motifs is 1. The van der Waals surface area contributed by atoms with Crippen LogP contribution in [0.3, 0.4) is 0 Å². The lowest BCUT2D eigenvalue weighted by molar-refractivity contribution is 0.145. The van der Waals surface area contributed by atoms with Crippen molar-refractivity contribution in [3.8, 4) is 0 Å². The van der Waals surface area contributed by atoms with E-state index >= 15 is 0 Å². The third-order valence-corrected chi connectivity index (χ3v) is 8.33. The molecule has 0 amide bonds. The molecule has 4 rings (SSSR count). The number of aromatic amines is 1. The van der Waals surface area contributed by atoms with Crippen molar-refractivity contribution in [2.24, 2.45) is 0 Å². The number of nitrogens with zero attached hydrogens (tertiary/aromatic N) is 1. The molecule has 1 aliphatic rings. The highest BCUT2D eigenvalue weighted by Crippen LogP contribution is 2.33. The maximum atomic E-state index is 14.4. The van der Waals surface area contributed by atoms with Crippen molar-refractivity contribution in [1.82, 2.24) is 4.98 Å². The third-order valence-electron chi connectivity index (χ3n) is 4.94. The van der Waals surface area contributed by atoms with Gasteiger partial charge in [0.15, 0.2) is 9.84 Å². The van der Waals surface area contributed by atoms with Gasteiger partial charge in [0.05, 0.1) is 16.9 Å². The normalized spacial score (nSPS) is 16.0. The van der Waals surface area contributed by atoms with E-state index in [2.05, 4.69) is 4.98 Å². The minimum absolute atomic E-state index is 0.0276. The van der Waals surface area contributed by atoms with Crippen molar-refractivity contribution in [2.75, 3.05) is 18.0 Å². The molecule has 0 spiro atoms. The number of sulfone groups is 1. The van der Waals surface area contributed by atoms with Crippen molar-refractivity contribution >= 4 is 36.9 Å². The molecule has 28 heavy (non-hydrogen) atoms. The molecular weight excluding hydrogens is 403 g/mol. The number of halogens is 1. The van der Waals surface area contributed by atoms with Gasteiger partial charge in [-0.05, 0) is 48.6 Å². The second-order valence-electron chi connectivity index (χ2n) is 6.91. The molecule has 6 nitrogen and oxygen atoms in total. The summed E-state index contributed by atoms with van der Waals surface area (Å²) in [5.74, 6) is -1.16. The predicted octanol–water partition coefficient (Wildman–Crippen LogP) is 2.66. The summed E-state index contributed by atoms with van der Waals surface area (Å²) < 4.78 is 40.2. The molecule has 0 atom stereocenters. The van der Waals surface area contributed by atoms with E-state index in [1.54, 1.807) is 12.1 Å². The van der Waals surface area contributed by atoms with Crippen molar-refractivity contribution in [3.05, 3.63) is 58.3 Å². The topological polar surface area (TPSA) is 90.5 Å². The number of rotatable bonds is 4. The summed E-state index contributed by atoms with van der Waals surface area (Å²) in [6.07, 6.45) is 2.42. The molecule has 3 aromatic rings. The highest BCUT2D eigenvalue weighted by Gasteiger charge is 2.24. The number of hydrogen-bond donors (Lipinski definition) is 2. The molecule has 0 radical (unpaired) electrons. The molecule has 148 valence electrons. The largest absolute Gasteiger partial charge is 0.393 e. The summed E-state index contributed by atoms with van der Waals surface area (Å²) in [4.78, 5) is 16.5. The van der Waals surface area contributed by atoms with Gasteiger partial charge in [0, 0.05) is 30.2 Å². The van der Waals surface area contributed by atoms with Crippen LogP contribution in [0.5, 0.6) is 0 Å². The standard InChI is InChI=1S/C19H19FN2O4S2/c20-16-10-12-3-6-21-19(24)15(12)9-13(16)11-28(25,26)18-2-1-17(27-18)22-7-4-14(23)5-8-22/h1-3,6,9-10,14,23H,4-5,7-8,11H2,(H,21,24). The molecule has 1 aromatic carbocycles. The van der Waals surface area contributed by atoms with Crippen LogP contribution in [0.15, 0.2) is 45.5 Å². The first-order chi connectivity index (χ1) is 13.3. The van der Waals surface area contributed by atoms with Gasteiger partial charge in [0.1, 0.15) is 10.0 Å². The number of benzene rings is 1. The fourth-order valence-corrected chi connectivity index (χ4v) is 6.15. The van der Waals surface area contributed by atoms with Gasteiger partial charge >= 0.3 is 0 Å². The number of aliphatic hydroxyl groups is 1. The molecular formula is C19H19FN2O4S2. The predicted molar refractivity (Wildman–Crippen MR) is 107 cm³/mol. The van der Waals surface area contributed by atoms with Gasteiger partial charge in [-0.2, -0.15) is 0 Å². The number of aliphatic hydroxyl groups excluding tert-OH is 1. The maximum Gasteiger partial charge on any atom is 0.255 e. The van der Waals surface area contributed by atoms with Crippen molar-refractivity contribution in [3.63, 3.8) is 0 Å². The Labute approximate surface area is 165 Å². The second-order valence-corrected chi connectivity index (χ2v) is 10.2. The van der Waals surface area contributed by atoms with E-state index in [-0.39, 0.29) is 26.8 Å². The number of piperidine rings is 1. The van der Waals surface area contributed by atoms with Crippen LogP contribution in [0.2, 0.25) is 0 Å². The zero-order valence-corrected chi connectivity index (χ0v) is 16.5. The van der Waals surface area contributed by atoms with Gasteiger partial charge in [-0.3, -0.25) is 4.79 Å². The lowest BCUT2D eigenvalue weighted by atomic mass is 10.1. The summed E-state index contributed by atoms with van der Waals surface area (Å²) in [5, 5.41) is 11.1. The molecule has 0 aliphatic carbocycles.